The number of nitrogens with one attached hydrogen (secondary N) is 1. The van der Waals surface area contributed by atoms with E-state index in [1.54, 1.807) is 11.1 Å². The predicted octanol–water partition coefficient (Wildman–Crippen LogP) is 1.87. The predicted molar refractivity (Wildman–Crippen MR) is 81.1 cm³/mol. The van der Waals surface area contributed by atoms with Crippen LogP contribution in [0.4, 0.5) is 4.79 Å². The van der Waals surface area contributed by atoms with Gasteiger partial charge in [-0.1, -0.05) is 0 Å². The highest BCUT2D eigenvalue weighted by Gasteiger charge is 2.26. The first-order valence-electron chi connectivity index (χ1n) is 7.61. The van der Waals surface area contributed by atoms with E-state index in [0.29, 0.717) is 6.04 Å². The van der Waals surface area contributed by atoms with Gasteiger partial charge < -0.3 is 19.5 Å². The lowest BCUT2D eigenvalue weighted by molar-refractivity contribution is 0.0198. The third-order valence-electron chi connectivity index (χ3n) is 3.51. The Kier molecular flexibility index (Phi) is 5.22. The molecule has 118 valence electrons. The van der Waals surface area contributed by atoms with Crippen LogP contribution in [0.5, 0.6) is 0 Å². The van der Waals surface area contributed by atoms with E-state index in [4.69, 9.17) is 4.74 Å². The number of nitrogens with zero attached hydrogens (tertiary/aromatic N) is 3. The van der Waals surface area contributed by atoms with Crippen LogP contribution in [-0.2, 0) is 11.3 Å². The molecule has 2 heterocycles. The van der Waals surface area contributed by atoms with Gasteiger partial charge >= 0.3 is 6.09 Å². The van der Waals surface area contributed by atoms with Crippen LogP contribution in [-0.4, -0.2) is 51.8 Å². The number of amides is 1. The SMILES string of the molecule is CC(C)(C)OC(=O)N1CCC(NCCn2ccnc2)CC1. The van der Waals surface area contributed by atoms with Crippen LogP contribution in [0.1, 0.15) is 33.6 Å². The van der Waals surface area contributed by atoms with Crippen molar-refractivity contribution < 1.29 is 9.53 Å². The second-order valence-corrected chi connectivity index (χ2v) is 6.50. The monoisotopic (exact) mass is 294 g/mol. The van der Waals surface area contributed by atoms with Crippen LogP contribution in [0, 0.1) is 0 Å². The van der Waals surface area contributed by atoms with Crippen LogP contribution in [0.3, 0.4) is 0 Å². The Morgan fingerprint density at radius 2 is 2.10 bits per heavy atom. The highest BCUT2D eigenvalue weighted by atomic mass is 16.6. The minimum atomic E-state index is -0.420. The van der Waals surface area contributed by atoms with Crippen molar-refractivity contribution in [2.45, 2.75) is 51.8 Å². The van der Waals surface area contributed by atoms with Crippen molar-refractivity contribution in [1.29, 1.82) is 0 Å². The summed E-state index contributed by atoms with van der Waals surface area (Å²) in [5.74, 6) is 0. The smallest absolute Gasteiger partial charge is 0.410 e. The molecule has 1 amide bonds. The van der Waals surface area contributed by atoms with Crippen LogP contribution < -0.4 is 5.32 Å². The highest BCUT2D eigenvalue weighted by molar-refractivity contribution is 5.68. The number of aromatic nitrogens is 2. The number of carbonyl (C=O) groups excluding carboxylic acids is 1. The van der Waals surface area contributed by atoms with E-state index in [-0.39, 0.29) is 6.09 Å². The lowest BCUT2D eigenvalue weighted by Gasteiger charge is -2.33. The summed E-state index contributed by atoms with van der Waals surface area (Å²) in [6, 6.07) is 0.479. The second-order valence-electron chi connectivity index (χ2n) is 6.50. The summed E-state index contributed by atoms with van der Waals surface area (Å²) in [5, 5.41) is 3.54. The fourth-order valence-corrected chi connectivity index (χ4v) is 2.41. The molecule has 6 heteroatoms. The molecular weight excluding hydrogens is 268 g/mol. The third-order valence-corrected chi connectivity index (χ3v) is 3.51. The molecule has 0 aliphatic carbocycles. The number of ether oxygens (including phenoxy) is 1. The summed E-state index contributed by atoms with van der Waals surface area (Å²) in [4.78, 5) is 17.8. The van der Waals surface area contributed by atoms with Crippen LogP contribution in [0.25, 0.3) is 0 Å². The molecular formula is C15H26N4O2. The zero-order chi connectivity index (χ0) is 15.3. The summed E-state index contributed by atoms with van der Waals surface area (Å²) in [7, 11) is 0. The number of imidazole rings is 1. The Labute approximate surface area is 126 Å². The van der Waals surface area contributed by atoms with E-state index in [2.05, 4.69) is 14.9 Å². The Morgan fingerprint density at radius 3 is 2.67 bits per heavy atom. The van der Waals surface area contributed by atoms with E-state index in [9.17, 15) is 4.79 Å². The minimum absolute atomic E-state index is 0.195. The molecule has 1 aliphatic rings. The first kappa shape index (κ1) is 15.8. The van der Waals surface area contributed by atoms with Gasteiger partial charge in [0.15, 0.2) is 0 Å². The quantitative estimate of drug-likeness (QED) is 0.921. The van der Waals surface area contributed by atoms with Crippen LogP contribution in [0.15, 0.2) is 18.7 Å². The van der Waals surface area contributed by atoms with Crippen molar-refractivity contribution in [2.24, 2.45) is 0 Å². The minimum Gasteiger partial charge on any atom is -0.444 e. The Balaban J connectivity index is 1.65. The lowest BCUT2D eigenvalue weighted by atomic mass is 10.1. The number of rotatable bonds is 4. The van der Waals surface area contributed by atoms with Crippen LogP contribution >= 0.6 is 0 Å². The van der Waals surface area contributed by atoms with Crippen molar-refractivity contribution in [3.8, 4) is 0 Å². The summed E-state index contributed by atoms with van der Waals surface area (Å²) >= 11 is 0. The first-order chi connectivity index (χ1) is 9.94. The summed E-state index contributed by atoms with van der Waals surface area (Å²) in [6.07, 6.45) is 7.34. The van der Waals surface area contributed by atoms with Crippen molar-refractivity contribution in [1.82, 2.24) is 19.8 Å². The number of carbonyl (C=O) groups is 1. The molecule has 21 heavy (non-hydrogen) atoms. The zero-order valence-electron chi connectivity index (χ0n) is 13.2. The van der Waals surface area contributed by atoms with Gasteiger partial charge in [-0.2, -0.15) is 0 Å². The average Bonchev–Trinajstić information content (AvgIpc) is 2.91. The van der Waals surface area contributed by atoms with Gasteiger partial charge in [0.2, 0.25) is 0 Å². The maximum absolute atomic E-state index is 12.0. The molecule has 1 N–H and O–H groups in total. The van der Waals surface area contributed by atoms with Crippen molar-refractivity contribution in [2.75, 3.05) is 19.6 Å². The van der Waals surface area contributed by atoms with Crippen molar-refractivity contribution in [3.63, 3.8) is 0 Å². The van der Waals surface area contributed by atoms with Gasteiger partial charge in [0, 0.05) is 44.6 Å². The molecule has 0 aromatic carbocycles. The van der Waals surface area contributed by atoms with Crippen molar-refractivity contribution in [3.05, 3.63) is 18.7 Å². The first-order valence-corrected chi connectivity index (χ1v) is 7.61. The van der Waals surface area contributed by atoms with Crippen molar-refractivity contribution >= 4 is 6.09 Å². The summed E-state index contributed by atoms with van der Waals surface area (Å²) in [6.45, 7) is 9.06. The van der Waals surface area contributed by atoms with Gasteiger partial charge in [0.1, 0.15) is 5.60 Å². The molecule has 1 aromatic heterocycles. The molecule has 0 spiro atoms. The number of likely N-dealkylation sites (tertiary alicyclic amines) is 1. The van der Waals surface area contributed by atoms with E-state index in [0.717, 1.165) is 39.0 Å². The maximum Gasteiger partial charge on any atom is 0.410 e. The maximum atomic E-state index is 12.0. The highest BCUT2D eigenvalue weighted by Crippen LogP contribution is 2.15. The molecule has 0 atom stereocenters. The Bertz CT molecular complexity index is 431. The molecule has 1 saturated heterocycles. The van der Waals surface area contributed by atoms with Crippen LogP contribution in [0.2, 0.25) is 0 Å². The van der Waals surface area contributed by atoms with Gasteiger partial charge in [-0.3, -0.25) is 0 Å². The number of hydrogen-bond donors (Lipinski definition) is 1. The average molecular weight is 294 g/mol. The molecule has 0 saturated carbocycles. The van der Waals surface area contributed by atoms with Gasteiger partial charge in [0.25, 0.3) is 0 Å². The van der Waals surface area contributed by atoms with Gasteiger partial charge in [-0.25, -0.2) is 9.78 Å². The molecule has 0 bridgehead atoms. The fraction of sp³-hybridized carbons (Fsp3) is 0.733. The fourth-order valence-electron chi connectivity index (χ4n) is 2.41. The lowest BCUT2D eigenvalue weighted by Crippen LogP contribution is -2.46. The topological polar surface area (TPSA) is 59.4 Å². The Hall–Kier alpha value is -1.56. The molecule has 6 nitrogen and oxygen atoms in total. The van der Waals surface area contributed by atoms with Gasteiger partial charge in [0.05, 0.1) is 6.33 Å². The third kappa shape index (κ3) is 5.38. The normalized spacial score (nSPS) is 17.0. The molecule has 0 radical (unpaired) electrons. The zero-order valence-corrected chi connectivity index (χ0v) is 13.2. The standard InChI is InChI=1S/C15H26N4O2/c1-15(2,3)21-14(20)19-8-4-13(5-9-19)17-7-11-18-10-6-16-12-18/h6,10,12-13,17H,4-5,7-9,11H2,1-3H3. The second kappa shape index (κ2) is 6.93. The van der Waals surface area contributed by atoms with E-state index in [1.165, 1.54) is 0 Å². The largest absolute Gasteiger partial charge is 0.444 e. The van der Waals surface area contributed by atoms with E-state index in [1.807, 2.05) is 33.3 Å². The number of hydrogen-bond acceptors (Lipinski definition) is 4. The Morgan fingerprint density at radius 1 is 1.38 bits per heavy atom. The molecule has 0 unspecified atom stereocenters. The van der Waals surface area contributed by atoms with E-state index < -0.39 is 5.60 Å². The summed E-state index contributed by atoms with van der Waals surface area (Å²) in [5.41, 5.74) is -0.420. The molecule has 1 fully saturated rings. The molecule has 2 rings (SSSR count). The van der Waals surface area contributed by atoms with E-state index >= 15 is 0 Å². The van der Waals surface area contributed by atoms with Gasteiger partial charge in [-0.05, 0) is 33.6 Å². The van der Waals surface area contributed by atoms with Gasteiger partial charge in [-0.15, -0.1) is 0 Å². The summed E-state index contributed by atoms with van der Waals surface area (Å²) < 4.78 is 7.46. The molecule has 1 aliphatic heterocycles. The molecule has 1 aromatic rings. The number of piperidine rings is 1.